The van der Waals surface area contributed by atoms with E-state index in [0.717, 1.165) is 24.0 Å². The minimum Gasteiger partial charge on any atom is -0.454 e. The first-order valence-electron chi connectivity index (χ1n) is 7.81. The van der Waals surface area contributed by atoms with Crippen molar-refractivity contribution in [2.75, 3.05) is 13.3 Å². The normalized spacial score (nSPS) is 21.4. The van der Waals surface area contributed by atoms with Crippen LogP contribution in [-0.2, 0) is 6.54 Å². The van der Waals surface area contributed by atoms with E-state index in [4.69, 9.17) is 13.9 Å². The van der Waals surface area contributed by atoms with Gasteiger partial charge >= 0.3 is 5.63 Å². The van der Waals surface area contributed by atoms with Crippen LogP contribution in [0.15, 0.2) is 27.4 Å². The first-order valence-corrected chi connectivity index (χ1v) is 7.81. The van der Waals surface area contributed by atoms with Crippen molar-refractivity contribution in [3.8, 4) is 11.5 Å². The van der Waals surface area contributed by atoms with Crippen molar-refractivity contribution < 1.29 is 13.9 Å². The number of rotatable bonds is 2. The molecule has 0 amide bonds. The molecule has 1 saturated heterocycles. The maximum absolute atomic E-state index is 11.9. The second-order valence-corrected chi connectivity index (χ2v) is 6.11. The lowest BCUT2D eigenvalue weighted by Gasteiger charge is -2.33. The van der Waals surface area contributed by atoms with Crippen molar-refractivity contribution >= 4 is 11.0 Å². The summed E-state index contributed by atoms with van der Waals surface area (Å²) in [5, 5.41) is 0.932. The molecular formula is C17H19NO4. The Kier molecular flexibility index (Phi) is 3.30. The Hall–Kier alpha value is -2.01. The number of fused-ring (bicyclic) bond motifs is 2. The molecule has 0 unspecified atom stereocenters. The summed E-state index contributed by atoms with van der Waals surface area (Å²) in [5.41, 5.74) is 1.25. The minimum absolute atomic E-state index is 0.217. The van der Waals surface area contributed by atoms with Gasteiger partial charge in [0.05, 0.1) is 0 Å². The van der Waals surface area contributed by atoms with E-state index in [9.17, 15) is 4.79 Å². The van der Waals surface area contributed by atoms with Crippen LogP contribution < -0.4 is 15.1 Å². The van der Waals surface area contributed by atoms with Gasteiger partial charge in [-0.05, 0) is 37.9 Å². The molecule has 2 aliphatic heterocycles. The van der Waals surface area contributed by atoms with Crippen molar-refractivity contribution in [1.82, 2.24) is 4.90 Å². The average molecular weight is 301 g/mol. The lowest BCUT2D eigenvalue weighted by atomic mass is 10.0. The van der Waals surface area contributed by atoms with E-state index in [1.807, 2.05) is 6.07 Å². The molecule has 0 aliphatic carbocycles. The summed E-state index contributed by atoms with van der Waals surface area (Å²) in [6.07, 6.45) is 3.72. The standard InChI is InChI=1S/C17H19NO4/c1-11-4-2-3-5-18(11)9-12-6-17(19)22-14-8-16-15(7-13(12)14)20-10-21-16/h6-8,11H,2-5,9-10H2,1H3/t11-/m1/s1. The predicted octanol–water partition coefficient (Wildman–Crippen LogP) is 2.90. The Labute approximate surface area is 128 Å². The minimum atomic E-state index is -0.314. The zero-order valence-corrected chi connectivity index (χ0v) is 12.6. The largest absolute Gasteiger partial charge is 0.454 e. The maximum Gasteiger partial charge on any atom is 0.336 e. The quantitative estimate of drug-likeness (QED) is 0.798. The van der Waals surface area contributed by atoms with Gasteiger partial charge in [0, 0.05) is 30.1 Å². The van der Waals surface area contributed by atoms with Gasteiger partial charge in [0.25, 0.3) is 0 Å². The summed E-state index contributed by atoms with van der Waals surface area (Å²) >= 11 is 0. The Morgan fingerprint density at radius 2 is 2.00 bits per heavy atom. The summed E-state index contributed by atoms with van der Waals surface area (Å²) in [4.78, 5) is 14.3. The zero-order valence-electron chi connectivity index (χ0n) is 12.6. The lowest BCUT2D eigenvalue weighted by Crippen LogP contribution is -2.36. The first-order chi connectivity index (χ1) is 10.7. The number of ether oxygens (including phenoxy) is 2. The fourth-order valence-corrected chi connectivity index (χ4v) is 3.36. The Morgan fingerprint density at radius 3 is 2.82 bits per heavy atom. The highest BCUT2D eigenvalue weighted by atomic mass is 16.7. The molecule has 0 bridgehead atoms. The average Bonchev–Trinajstić information content (AvgIpc) is 2.95. The molecule has 0 N–H and O–H groups in total. The molecule has 2 aliphatic rings. The van der Waals surface area contributed by atoms with E-state index in [0.29, 0.717) is 23.1 Å². The zero-order chi connectivity index (χ0) is 15.1. The van der Waals surface area contributed by atoms with Crippen LogP contribution in [-0.4, -0.2) is 24.3 Å². The van der Waals surface area contributed by atoms with Crippen molar-refractivity contribution in [3.63, 3.8) is 0 Å². The highest BCUT2D eigenvalue weighted by molar-refractivity contribution is 5.84. The lowest BCUT2D eigenvalue weighted by molar-refractivity contribution is 0.153. The molecule has 1 atom stereocenters. The summed E-state index contributed by atoms with van der Waals surface area (Å²) < 4.78 is 16.1. The number of likely N-dealkylation sites (tertiary alicyclic amines) is 1. The van der Waals surface area contributed by atoms with Crippen molar-refractivity contribution in [1.29, 1.82) is 0 Å². The van der Waals surface area contributed by atoms with E-state index in [2.05, 4.69) is 11.8 Å². The highest BCUT2D eigenvalue weighted by Gasteiger charge is 2.21. The summed E-state index contributed by atoms with van der Waals surface area (Å²) in [6, 6.07) is 5.82. The van der Waals surface area contributed by atoms with Crippen molar-refractivity contribution in [3.05, 3.63) is 34.2 Å². The molecule has 5 heteroatoms. The molecule has 0 saturated carbocycles. The Bertz CT molecular complexity index is 767. The smallest absolute Gasteiger partial charge is 0.336 e. The summed E-state index contributed by atoms with van der Waals surface area (Å²) in [5.74, 6) is 1.36. The molecule has 2 aromatic rings. The molecule has 22 heavy (non-hydrogen) atoms. The van der Waals surface area contributed by atoms with Gasteiger partial charge < -0.3 is 13.9 Å². The predicted molar refractivity (Wildman–Crippen MR) is 82.3 cm³/mol. The van der Waals surface area contributed by atoms with E-state index in [1.165, 1.54) is 19.3 Å². The van der Waals surface area contributed by atoms with Gasteiger partial charge in [-0.25, -0.2) is 4.79 Å². The van der Waals surface area contributed by atoms with Gasteiger partial charge in [-0.15, -0.1) is 0 Å². The van der Waals surface area contributed by atoms with Crippen LogP contribution in [0.25, 0.3) is 11.0 Å². The van der Waals surface area contributed by atoms with Crippen LogP contribution in [0.2, 0.25) is 0 Å². The summed E-state index contributed by atoms with van der Waals surface area (Å²) in [7, 11) is 0. The van der Waals surface area contributed by atoms with Crippen LogP contribution in [0.1, 0.15) is 31.7 Å². The number of hydrogen-bond donors (Lipinski definition) is 0. The van der Waals surface area contributed by atoms with Gasteiger partial charge in [-0.1, -0.05) is 6.42 Å². The SMILES string of the molecule is C[C@@H]1CCCCN1Cc1cc(=O)oc2cc3c(cc12)OCO3. The van der Waals surface area contributed by atoms with Gasteiger partial charge in [-0.2, -0.15) is 0 Å². The Balaban J connectivity index is 1.77. The third-order valence-electron chi connectivity index (χ3n) is 4.64. The molecule has 0 spiro atoms. The molecule has 1 fully saturated rings. The number of benzene rings is 1. The van der Waals surface area contributed by atoms with Gasteiger partial charge in [0.1, 0.15) is 5.58 Å². The van der Waals surface area contributed by atoms with Crippen LogP contribution in [0.4, 0.5) is 0 Å². The number of piperidine rings is 1. The monoisotopic (exact) mass is 301 g/mol. The molecule has 1 aromatic carbocycles. The topological polar surface area (TPSA) is 51.9 Å². The van der Waals surface area contributed by atoms with E-state index < -0.39 is 0 Å². The number of hydrogen-bond acceptors (Lipinski definition) is 5. The van der Waals surface area contributed by atoms with Crippen molar-refractivity contribution in [2.24, 2.45) is 0 Å². The van der Waals surface area contributed by atoms with E-state index in [-0.39, 0.29) is 12.4 Å². The molecule has 3 heterocycles. The van der Waals surface area contributed by atoms with Crippen LogP contribution in [0, 0.1) is 0 Å². The molecule has 1 aromatic heterocycles. The molecule has 0 radical (unpaired) electrons. The number of nitrogens with zero attached hydrogens (tertiary/aromatic N) is 1. The molecule has 5 nitrogen and oxygen atoms in total. The third-order valence-corrected chi connectivity index (χ3v) is 4.64. The van der Waals surface area contributed by atoms with E-state index >= 15 is 0 Å². The maximum atomic E-state index is 11.9. The highest BCUT2D eigenvalue weighted by Crippen LogP contribution is 2.37. The first kappa shape index (κ1) is 13.6. The second kappa shape index (κ2) is 5.32. The van der Waals surface area contributed by atoms with Crippen LogP contribution in [0.3, 0.4) is 0 Å². The molecule has 4 rings (SSSR count). The van der Waals surface area contributed by atoms with Gasteiger partial charge in [-0.3, -0.25) is 4.90 Å². The fourth-order valence-electron chi connectivity index (χ4n) is 3.36. The fraction of sp³-hybridized carbons (Fsp3) is 0.471. The Morgan fingerprint density at radius 1 is 1.18 bits per heavy atom. The third kappa shape index (κ3) is 2.35. The molecular weight excluding hydrogens is 282 g/mol. The van der Waals surface area contributed by atoms with Crippen molar-refractivity contribution in [2.45, 2.75) is 38.8 Å². The van der Waals surface area contributed by atoms with Gasteiger partial charge in [0.2, 0.25) is 6.79 Å². The van der Waals surface area contributed by atoms with Gasteiger partial charge in [0.15, 0.2) is 11.5 Å². The molecule has 116 valence electrons. The summed E-state index contributed by atoms with van der Waals surface area (Å²) in [6.45, 7) is 4.31. The van der Waals surface area contributed by atoms with E-state index in [1.54, 1.807) is 12.1 Å². The van der Waals surface area contributed by atoms with Crippen LogP contribution >= 0.6 is 0 Å². The second-order valence-electron chi connectivity index (χ2n) is 6.11. The van der Waals surface area contributed by atoms with Crippen LogP contribution in [0.5, 0.6) is 11.5 Å².